The molecule has 3 rings (SSSR count). The molecule has 0 bridgehead atoms. The van der Waals surface area contributed by atoms with Crippen LogP contribution < -0.4 is 16.0 Å². The molecule has 1 amide bonds. The van der Waals surface area contributed by atoms with E-state index in [4.69, 9.17) is 23.2 Å². The van der Waals surface area contributed by atoms with Gasteiger partial charge in [-0.15, -0.1) is 0 Å². The van der Waals surface area contributed by atoms with Crippen LogP contribution in [-0.2, 0) is 0 Å². The molecule has 4 N–H and O–H groups in total. The highest BCUT2D eigenvalue weighted by atomic mass is 35.5. The molecule has 0 aromatic heterocycles. The van der Waals surface area contributed by atoms with Crippen molar-refractivity contribution in [2.24, 2.45) is 9.98 Å². The van der Waals surface area contributed by atoms with Gasteiger partial charge in [0.15, 0.2) is 0 Å². The molecule has 0 spiro atoms. The fraction of sp³-hybridized carbons (Fsp3) is 0.261. The lowest BCUT2D eigenvalue weighted by Crippen LogP contribution is -2.28. The monoisotopic (exact) mass is 473 g/mol. The van der Waals surface area contributed by atoms with Crippen molar-refractivity contribution in [2.75, 3.05) is 24.2 Å². The first kappa shape index (κ1) is 23.8. The van der Waals surface area contributed by atoms with Crippen LogP contribution in [0, 0.1) is 0 Å². The van der Waals surface area contributed by atoms with E-state index in [1.165, 1.54) is 6.34 Å². The Balaban J connectivity index is 1.81. The van der Waals surface area contributed by atoms with Crippen LogP contribution in [0.25, 0.3) is 0 Å². The van der Waals surface area contributed by atoms with Crippen LogP contribution in [-0.4, -0.2) is 43.8 Å². The Morgan fingerprint density at radius 2 is 2.03 bits per heavy atom. The fourth-order valence-corrected chi connectivity index (χ4v) is 3.92. The van der Waals surface area contributed by atoms with Gasteiger partial charge in [0, 0.05) is 13.6 Å². The second-order valence-electron chi connectivity index (χ2n) is 7.24. The van der Waals surface area contributed by atoms with E-state index in [9.17, 15) is 9.90 Å². The summed E-state index contributed by atoms with van der Waals surface area (Å²) in [7, 11) is 1.72. The summed E-state index contributed by atoms with van der Waals surface area (Å²) in [5, 5.41) is 19.6. The van der Waals surface area contributed by atoms with Crippen molar-refractivity contribution < 1.29 is 9.90 Å². The number of amides is 1. The first-order chi connectivity index (χ1) is 15.4. The Morgan fingerprint density at radius 3 is 2.66 bits per heavy atom. The lowest BCUT2D eigenvalue weighted by molar-refractivity contribution is 0.0957. The SMILES string of the molecule is C=Nc1ccc(NC=Nc2c(Cl)cccc2Cl)c(NC)c1C(=O)NCC1=CCC(O)CC1. The molecule has 32 heavy (non-hydrogen) atoms. The van der Waals surface area contributed by atoms with E-state index in [1.54, 1.807) is 37.4 Å². The maximum Gasteiger partial charge on any atom is 0.255 e. The minimum absolute atomic E-state index is 0.279. The zero-order chi connectivity index (χ0) is 23.1. The highest BCUT2D eigenvalue weighted by Gasteiger charge is 2.20. The number of hydrogen-bond acceptors (Lipinski definition) is 5. The van der Waals surface area contributed by atoms with E-state index in [0.717, 1.165) is 12.0 Å². The number of aliphatic hydroxyl groups excluding tert-OH is 1. The van der Waals surface area contributed by atoms with Gasteiger partial charge in [0.25, 0.3) is 5.91 Å². The standard InChI is InChI=1S/C23H25Cl2N5O2/c1-26-18-10-11-19(29-13-30-21-16(24)4-3-5-17(21)25)22(27-2)20(18)23(32)28-12-14-6-8-15(31)9-7-14/h3-6,10-11,13,15,27,31H,1,7-9,12H2,2H3,(H,28,32)(H,29,30). The molecule has 2 aromatic carbocycles. The molecule has 0 radical (unpaired) electrons. The third kappa shape index (κ3) is 5.68. The minimum atomic E-state index is -0.299. The largest absolute Gasteiger partial charge is 0.393 e. The summed E-state index contributed by atoms with van der Waals surface area (Å²) < 4.78 is 0. The predicted molar refractivity (Wildman–Crippen MR) is 134 cm³/mol. The van der Waals surface area contributed by atoms with E-state index in [2.05, 4.69) is 32.7 Å². The van der Waals surface area contributed by atoms with Crippen LogP contribution in [0.1, 0.15) is 29.6 Å². The quantitative estimate of drug-likeness (QED) is 0.236. The van der Waals surface area contributed by atoms with Gasteiger partial charge in [-0.05, 0) is 50.2 Å². The fourth-order valence-electron chi connectivity index (χ4n) is 3.43. The Hall–Kier alpha value is -2.87. The summed E-state index contributed by atoms with van der Waals surface area (Å²) in [4.78, 5) is 21.3. The average Bonchev–Trinajstić information content (AvgIpc) is 2.79. The summed E-state index contributed by atoms with van der Waals surface area (Å²) in [5.74, 6) is -0.279. The Kier molecular flexibility index (Phi) is 8.27. The van der Waals surface area contributed by atoms with E-state index in [0.29, 0.717) is 57.7 Å². The number of aliphatic hydroxyl groups is 1. The van der Waals surface area contributed by atoms with E-state index in [1.807, 2.05) is 6.08 Å². The minimum Gasteiger partial charge on any atom is -0.393 e. The molecule has 1 aliphatic carbocycles. The Labute approximate surface area is 197 Å². The number of benzene rings is 2. The number of carbonyl (C=O) groups excluding carboxylic acids is 1. The number of carbonyl (C=O) groups is 1. The number of anilines is 2. The second kappa shape index (κ2) is 11.1. The van der Waals surface area contributed by atoms with Crippen molar-refractivity contribution in [2.45, 2.75) is 25.4 Å². The highest BCUT2D eigenvalue weighted by Crippen LogP contribution is 2.35. The van der Waals surface area contributed by atoms with Crippen molar-refractivity contribution in [3.8, 4) is 0 Å². The van der Waals surface area contributed by atoms with Crippen LogP contribution in [0.3, 0.4) is 0 Å². The summed E-state index contributed by atoms with van der Waals surface area (Å²) in [6, 6.07) is 8.63. The van der Waals surface area contributed by atoms with Crippen molar-refractivity contribution in [3.63, 3.8) is 0 Å². The van der Waals surface area contributed by atoms with Crippen molar-refractivity contribution in [3.05, 3.63) is 57.6 Å². The molecule has 0 fully saturated rings. The van der Waals surface area contributed by atoms with Crippen LogP contribution >= 0.6 is 23.2 Å². The van der Waals surface area contributed by atoms with Crippen molar-refractivity contribution in [1.82, 2.24) is 5.32 Å². The van der Waals surface area contributed by atoms with Crippen molar-refractivity contribution >= 4 is 64.9 Å². The molecular formula is C23H25Cl2N5O2. The number of rotatable bonds is 8. The zero-order valence-corrected chi connectivity index (χ0v) is 19.2. The molecule has 1 unspecified atom stereocenters. The van der Waals surface area contributed by atoms with Gasteiger partial charge in [-0.1, -0.05) is 40.9 Å². The maximum atomic E-state index is 13.0. The molecule has 9 heteroatoms. The third-order valence-electron chi connectivity index (χ3n) is 5.14. The van der Waals surface area contributed by atoms with Gasteiger partial charge < -0.3 is 21.1 Å². The molecule has 2 aromatic rings. The topological polar surface area (TPSA) is 98.1 Å². The lowest BCUT2D eigenvalue weighted by Gasteiger charge is -2.19. The zero-order valence-electron chi connectivity index (χ0n) is 17.7. The first-order valence-corrected chi connectivity index (χ1v) is 10.9. The molecular weight excluding hydrogens is 449 g/mol. The molecule has 1 atom stereocenters. The summed E-state index contributed by atoms with van der Waals surface area (Å²) in [5.41, 5.74) is 3.54. The number of nitrogens with one attached hydrogen (secondary N) is 3. The molecule has 0 heterocycles. The van der Waals surface area contributed by atoms with Gasteiger partial charge in [-0.2, -0.15) is 0 Å². The van der Waals surface area contributed by atoms with E-state index >= 15 is 0 Å². The Bertz CT molecular complexity index is 1050. The highest BCUT2D eigenvalue weighted by molar-refractivity contribution is 6.38. The normalized spacial score (nSPS) is 15.9. The maximum absolute atomic E-state index is 13.0. The summed E-state index contributed by atoms with van der Waals surface area (Å²) in [6.07, 6.45) is 5.22. The molecule has 0 saturated carbocycles. The van der Waals surface area contributed by atoms with Gasteiger partial charge in [0.05, 0.1) is 45.1 Å². The van der Waals surface area contributed by atoms with Crippen LogP contribution in [0.2, 0.25) is 10.0 Å². The van der Waals surface area contributed by atoms with Gasteiger partial charge >= 0.3 is 0 Å². The van der Waals surface area contributed by atoms with Gasteiger partial charge in [0.2, 0.25) is 0 Å². The predicted octanol–water partition coefficient (Wildman–Crippen LogP) is 5.34. The Morgan fingerprint density at radius 1 is 1.28 bits per heavy atom. The number of para-hydroxylation sites is 1. The molecule has 0 saturated heterocycles. The first-order valence-electron chi connectivity index (χ1n) is 10.1. The van der Waals surface area contributed by atoms with Gasteiger partial charge in [-0.3, -0.25) is 9.79 Å². The summed E-state index contributed by atoms with van der Waals surface area (Å²) >= 11 is 12.3. The number of hydrogen-bond donors (Lipinski definition) is 4. The molecule has 168 valence electrons. The number of halogens is 2. The molecule has 1 aliphatic rings. The van der Waals surface area contributed by atoms with Crippen LogP contribution in [0.4, 0.5) is 22.7 Å². The summed E-state index contributed by atoms with van der Waals surface area (Å²) in [6.45, 7) is 4.00. The molecule has 0 aliphatic heterocycles. The van der Waals surface area contributed by atoms with E-state index < -0.39 is 0 Å². The number of nitrogens with zero attached hydrogens (tertiary/aromatic N) is 2. The smallest absolute Gasteiger partial charge is 0.255 e. The van der Waals surface area contributed by atoms with Crippen LogP contribution in [0.5, 0.6) is 0 Å². The molecule has 7 nitrogen and oxygen atoms in total. The van der Waals surface area contributed by atoms with Gasteiger partial charge in [-0.25, -0.2) is 4.99 Å². The van der Waals surface area contributed by atoms with Gasteiger partial charge in [0.1, 0.15) is 5.69 Å². The third-order valence-corrected chi connectivity index (χ3v) is 5.75. The number of aliphatic imine (C=N–C) groups is 2. The lowest BCUT2D eigenvalue weighted by atomic mass is 9.97. The second-order valence-corrected chi connectivity index (χ2v) is 8.05. The van der Waals surface area contributed by atoms with E-state index in [-0.39, 0.29) is 12.0 Å². The van der Waals surface area contributed by atoms with Crippen molar-refractivity contribution in [1.29, 1.82) is 0 Å². The average molecular weight is 474 g/mol. The van der Waals surface area contributed by atoms with Crippen LogP contribution in [0.15, 0.2) is 52.0 Å².